The number of hydrogen-bond donors (Lipinski definition) is 2. The molecule has 4 rings (SSSR count). The number of aliphatic hydroxyl groups is 1. The Bertz CT molecular complexity index is 397. The zero-order valence-corrected chi connectivity index (χ0v) is 9.92. The fourth-order valence-corrected chi connectivity index (χ4v) is 3.30. The van der Waals surface area contributed by atoms with Gasteiger partial charge in [-0.25, -0.2) is 0 Å². The lowest BCUT2D eigenvalue weighted by Crippen LogP contribution is -2.58. The van der Waals surface area contributed by atoms with Crippen molar-refractivity contribution in [2.45, 2.75) is 31.4 Å². The minimum Gasteiger partial charge on any atom is -0.508 e. The summed E-state index contributed by atoms with van der Waals surface area (Å²) in [6.07, 6.45) is 2.92. The predicted octanol–water partition coefficient (Wildman–Crippen LogP) is 1.39. The Labute approximate surface area is 102 Å². The number of aliphatic hydroxyl groups excluding tert-OH is 1. The first-order valence-electron chi connectivity index (χ1n) is 6.44. The van der Waals surface area contributed by atoms with Gasteiger partial charge in [-0.1, -0.05) is 12.1 Å². The van der Waals surface area contributed by atoms with Gasteiger partial charge in [0.25, 0.3) is 0 Å². The van der Waals surface area contributed by atoms with E-state index in [4.69, 9.17) is 0 Å². The van der Waals surface area contributed by atoms with E-state index >= 15 is 0 Å². The molecule has 3 heterocycles. The quantitative estimate of drug-likeness (QED) is 0.811. The standard InChI is InChI=1S/C14H19NO2/c16-12-3-1-2-10(8-12)9-13-14(17)11-4-6-15(13)7-5-11/h1-3,8,11,13-14,16-17H,4-7,9H2. The summed E-state index contributed by atoms with van der Waals surface area (Å²) >= 11 is 0. The van der Waals surface area contributed by atoms with Crippen molar-refractivity contribution in [3.8, 4) is 5.75 Å². The fourth-order valence-electron chi connectivity index (χ4n) is 3.30. The molecule has 1 aromatic carbocycles. The Morgan fingerprint density at radius 3 is 2.65 bits per heavy atom. The Balaban J connectivity index is 1.76. The van der Waals surface area contributed by atoms with Crippen LogP contribution in [-0.4, -0.2) is 40.3 Å². The molecule has 2 atom stereocenters. The average Bonchev–Trinajstić information content (AvgIpc) is 2.34. The van der Waals surface area contributed by atoms with Gasteiger partial charge in [0, 0.05) is 6.04 Å². The van der Waals surface area contributed by atoms with Crippen LogP contribution in [0.3, 0.4) is 0 Å². The van der Waals surface area contributed by atoms with Gasteiger partial charge in [0.1, 0.15) is 5.75 Å². The van der Waals surface area contributed by atoms with Gasteiger partial charge in [0.05, 0.1) is 6.10 Å². The van der Waals surface area contributed by atoms with E-state index in [0.29, 0.717) is 11.7 Å². The number of piperidine rings is 3. The van der Waals surface area contributed by atoms with Crippen molar-refractivity contribution in [1.82, 2.24) is 4.90 Å². The molecule has 2 bridgehead atoms. The molecular weight excluding hydrogens is 214 g/mol. The summed E-state index contributed by atoms with van der Waals surface area (Å²) in [5.41, 5.74) is 1.11. The molecule has 2 N–H and O–H groups in total. The molecular formula is C14H19NO2. The second-order valence-electron chi connectivity index (χ2n) is 5.31. The van der Waals surface area contributed by atoms with Crippen molar-refractivity contribution in [2.24, 2.45) is 5.92 Å². The third-order valence-electron chi connectivity index (χ3n) is 4.28. The van der Waals surface area contributed by atoms with Crippen molar-refractivity contribution in [2.75, 3.05) is 13.1 Å². The first kappa shape index (κ1) is 11.1. The van der Waals surface area contributed by atoms with Crippen LogP contribution in [0.4, 0.5) is 0 Å². The molecule has 3 fully saturated rings. The van der Waals surface area contributed by atoms with Gasteiger partial charge in [0.2, 0.25) is 0 Å². The van der Waals surface area contributed by atoms with Crippen molar-refractivity contribution < 1.29 is 10.2 Å². The van der Waals surface area contributed by atoms with Gasteiger partial charge in [-0.2, -0.15) is 0 Å². The first-order valence-corrected chi connectivity index (χ1v) is 6.44. The molecule has 0 saturated carbocycles. The van der Waals surface area contributed by atoms with Gasteiger partial charge in [-0.15, -0.1) is 0 Å². The van der Waals surface area contributed by atoms with Crippen LogP contribution in [0.2, 0.25) is 0 Å². The van der Waals surface area contributed by atoms with Crippen LogP contribution in [0, 0.1) is 5.92 Å². The van der Waals surface area contributed by atoms with Crippen molar-refractivity contribution in [3.63, 3.8) is 0 Å². The van der Waals surface area contributed by atoms with Gasteiger partial charge < -0.3 is 10.2 Å². The number of rotatable bonds is 2. The lowest BCUT2D eigenvalue weighted by atomic mass is 9.78. The molecule has 92 valence electrons. The number of nitrogens with zero attached hydrogens (tertiary/aromatic N) is 1. The maximum absolute atomic E-state index is 10.3. The molecule has 0 aliphatic carbocycles. The van der Waals surface area contributed by atoms with Crippen molar-refractivity contribution in [3.05, 3.63) is 29.8 Å². The Morgan fingerprint density at radius 1 is 1.24 bits per heavy atom. The lowest BCUT2D eigenvalue weighted by Gasteiger charge is -2.49. The predicted molar refractivity (Wildman–Crippen MR) is 65.9 cm³/mol. The molecule has 0 amide bonds. The molecule has 1 aromatic rings. The van der Waals surface area contributed by atoms with E-state index in [9.17, 15) is 10.2 Å². The number of aromatic hydroxyl groups is 1. The highest BCUT2D eigenvalue weighted by atomic mass is 16.3. The molecule has 0 spiro atoms. The number of phenolic OH excluding ortho intramolecular Hbond substituents is 1. The Hall–Kier alpha value is -1.06. The summed E-state index contributed by atoms with van der Waals surface area (Å²) in [6.45, 7) is 2.23. The highest BCUT2D eigenvalue weighted by Gasteiger charge is 2.40. The Morgan fingerprint density at radius 2 is 2.00 bits per heavy atom. The summed E-state index contributed by atoms with van der Waals surface area (Å²) < 4.78 is 0. The highest BCUT2D eigenvalue weighted by molar-refractivity contribution is 5.28. The summed E-state index contributed by atoms with van der Waals surface area (Å²) in [6, 6.07) is 7.62. The maximum atomic E-state index is 10.3. The third-order valence-corrected chi connectivity index (χ3v) is 4.28. The number of fused-ring (bicyclic) bond motifs is 3. The molecule has 3 saturated heterocycles. The van der Waals surface area contributed by atoms with Gasteiger partial charge >= 0.3 is 0 Å². The molecule has 0 aromatic heterocycles. The number of phenols is 1. The van der Waals surface area contributed by atoms with E-state index < -0.39 is 0 Å². The normalized spacial score (nSPS) is 36.1. The van der Waals surface area contributed by atoms with Crippen LogP contribution in [0.15, 0.2) is 24.3 Å². The van der Waals surface area contributed by atoms with E-state index in [-0.39, 0.29) is 12.1 Å². The Kier molecular flexibility index (Phi) is 2.81. The zero-order chi connectivity index (χ0) is 11.8. The van der Waals surface area contributed by atoms with Crippen LogP contribution in [0.25, 0.3) is 0 Å². The first-order chi connectivity index (χ1) is 8.24. The molecule has 2 unspecified atom stereocenters. The van der Waals surface area contributed by atoms with Crippen molar-refractivity contribution >= 4 is 0 Å². The van der Waals surface area contributed by atoms with Crippen LogP contribution in [-0.2, 0) is 6.42 Å². The van der Waals surface area contributed by atoms with Crippen LogP contribution in [0.1, 0.15) is 18.4 Å². The van der Waals surface area contributed by atoms with Crippen molar-refractivity contribution in [1.29, 1.82) is 0 Å². The minimum atomic E-state index is -0.195. The van der Waals surface area contributed by atoms with Gasteiger partial charge in [-0.3, -0.25) is 4.90 Å². The number of benzene rings is 1. The molecule has 17 heavy (non-hydrogen) atoms. The lowest BCUT2D eigenvalue weighted by molar-refractivity contribution is -0.0715. The van der Waals surface area contributed by atoms with Gasteiger partial charge in [-0.05, 0) is 56.0 Å². The summed E-state index contributed by atoms with van der Waals surface area (Å²) in [4.78, 5) is 2.40. The van der Waals surface area contributed by atoms with E-state index in [1.807, 2.05) is 12.1 Å². The van der Waals surface area contributed by atoms with E-state index in [1.54, 1.807) is 12.1 Å². The largest absolute Gasteiger partial charge is 0.508 e. The second-order valence-corrected chi connectivity index (χ2v) is 5.31. The molecule has 0 radical (unpaired) electrons. The topological polar surface area (TPSA) is 43.7 Å². The smallest absolute Gasteiger partial charge is 0.115 e. The average molecular weight is 233 g/mol. The molecule has 3 heteroatoms. The third kappa shape index (κ3) is 2.05. The SMILES string of the molecule is Oc1cccc(CC2C(O)C3CCN2CC3)c1. The second kappa shape index (κ2) is 4.31. The minimum absolute atomic E-state index is 0.195. The highest BCUT2D eigenvalue weighted by Crippen LogP contribution is 2.33. The van der Waals surface area contributed by atoms with Gasteiger partial charge in [0.15, 0.2) is 0 Å². The summed E-state index contributed by atoms with van der Waals surface area (Å²) in [7, 11) is 0. The van der Waals surface area contributed by atoms with Crippen LogP contribution < -0.4 is 0 Å². The molecule has 3 aliphatic heterocycles. The van der Waals surface area contributed by atoms with Crippen LogP contribution >= 0.6 is 0 Å². The summed E-state index contributed by atoms with van der Waals surface area (Å²) in [5, 5.41) is 19.7. The summed E-state index contributed by atoms with van der Waals surface area (Å²) in [5.74, 6) is 0.801. The maximum Gasteiger partial charge on any atom is 0.115 e. The zero-order valence-electron chi connectivity index (χ0n) is 9.92. The molecule has 3 nitrogen and oxygen atoms in total. The van der Waals surface area contributed by atoms with E-state index in [1.165, 1.54) is 0 Å². The molecule has 3 aliphatic rings. The number of hydrogen-bond acceptors (Lipinski definition) is 3. The van der Waals surface area contributed by atoms with E-state index in [0.717, 1.165) is 37.9 Å². The monoisotopic (exact) mass is 233 g/mol. The van der Waals surface area contributed by atoms with Crippen LogP contribution in [0.5, 0.6) is 5.75 Å². The van der Waals surface area contributed by atoms with E-state index in [2.05, 4.69) is 4.90 Å². The fraction of sp³-hybridized carbons (Fsp3) is 0.571.